The van der Waals surface area contributed by atoms with E-state index >= 15 is 0 Å². The van der Waals surface area contributed by atoms with E-state index in [4.69, 9.17) is 5.11 Å². The van der Waals surface area contributed by atoms with Crippen LogP contribution in [0.3, 0.4) is 0 Å². The van der Waals surface area contributed by atoms with Crippen LogP contribution < -0.4 is 0 Å². The van der Waals surface area contributed by atoms with Crippen molar-refractivity contribution in [1.29, 1.82) is 0 Å². The Morgan fingerprint density at radius 2 is 2.19 bits per heavy atom. The number of aliphatic carboxylic acids is 1. The quantitative estimate of drug-likeness (QED) is 0.750. The van der Waals surface area contributed by atoms with E-state index in [0.29, 0.717) is 5.75 Å². The lowest BCUT2D eigenvalue weighted by atomic mass is 10.1. The van der Waals surface area contributed by atoms with Crippen LogP contribution in [0.25, 0.3) is 0 Å². The summed E-state index contributed by atoms with van der Waals surface area (Å²) in [4.78, 5) is 10.3. The largest absolute Gasteiger partial charge is 0.507 e. The molecule has 1 rings (SSSR count). The third-order valence-corrected chi connectivity index (χ3v) is 3.31. The number of rotatable bonds is 6. The monoisotopic (exact) mass is 240 g/mol. The molecule has 1 aromatic carbocycles. The van der Waals surface area contributed by atoms with Crippen molar-refractivity contribution in [3.63, 3.8) is 0 Å². The predicted molar refractivity (Wildman–Crippen MR) is 66.1 cm³/mol. The molecule has 0 saturated heterocycles. The van der Waals surface area contributed by atoms with Crippen LogP contribution >= 0.6 is 11.8 Å². The second-order valence-corrected chi connectivity index (χ2v) is 4.74. The van der Waals surface area contributed by atoms with Crippen molar-refractivity contribution in [3.8, 4) is 5.75 Å². The Morgan fingerprint density at radius 3 is 2.88 bits per heavy atom. The number of benzene rings is 1. The number of aromatic hydroxyl groups is 1. The van der Waals surface area contributed by atoms with Gasteiger partial charge in [0.25, 0.3) is 0 Å². The fraction of sp³-hybridized carbons (Fsp3) is 0.417. The maximum Gasteiger partial charge on any atom is 0.313 e. The SMILES string of the molecule is Cc1cccc(CCCSCC(=O)O)c1O. The van der Waals surface area contributed by atoms with Gasteiger partial charge in [-0.15, -0.1) is 0 Å². The van der Waals surface area contributed by atoms with Gasteiger partial charge in [0.05, 0.1) is 5.75 Å². The van der Waals surface area contributed by atoms with Crippen LogP contribution in [0, 0.1) is 6.92 Å². The van der Waals surface area contributed by atoms with E-state index in [1.54, 1.807) is 0 Å². The predicted octanol–water partition coefficient (Wildman–Crippen LogP) is 2.45. The molecule has 0 saturated carbocycles. The summed E-state index contributed by atoms with van der Waals surface area (Å²) in [5.74, 6) is 0.550. The average molecular weight is 240 g/mol. The number of hydrogen-bond acceptors (Lipinski definition) is 3. The molecule has 0 atom stereocenters. The Morgan fingerprint density at radius 1 is 1.44 bits per heavy atom. The second-order valence-electron chi connectivity index (χ2n) is 3.63. The van der Waals surface area contributed by atoms with E-state index in [0.717, 1.165) is 29.7 Å². The first-order valence-electron chi connectivity index (χ1n) is 5.18. The first kappa shape index (κ1) is 12.9. The molecule has 0 amide bonds. The molecule has 0 aliphatic rings. The number of carboxylic acids is 1. The highest BCUT2D eigenvalue weighted by molar-refractivity contribution is 7.99. The Bertz CT molecular complexity index is 363. The molecule has 0 fully saturated rings. The van der Waals surface area contributed by atoms with Gasteiger partial charge >= 0.3 is 5.97 Å². The van der Waals surface area contributed by atoms with E-state index in [-0.39, 0.29) is 5.75 Å². The Hall–Kier alpha value is -1.16. The van der Waals surface area contributed by atoms with Crippen molar-refractivity contribution in [2.45, 2.75) is 19.8 Å². The fourth-order valence-corrected chi connectivity index (χ4v) is 2.11. The summed E-state index contributed by atoms with van der Waals surface area (Å²) in [6, 6.07) is 5.71. The van der Waals surface area contributed by atoms with Crippen molar-refractivity contribution >= 4 is 17.7 Å². The van der Waals surface area contributed by atoms with Gasteiger partial charge in [-0.3, -0.25) is 4.79 Å². The molecule has 0 heterocycles. The molecular weight excluding hydrogens is 224 g/mol. The highest BCUT2D eigenvalue weighted by Crippen LogP contribution is 2.23. The molecule has 4 heteroatoms. The van der Waals surface area contributed by atoms with Crippen molar-refractivity contribution in [1.82, 2.24) is 0 Å². The molecule has 2 N–H and O–H groups in total. The lowest BCUT2D eigenvalue weighted by Crippen LogP contribution is -1.99. The number of carbonyl (C=O) groups is 1. The number of phenols is 1. The lowest BCUT2D eigenvalue weighted by Gasteiger charge is -2.06. The second kappa shape index (κ2) is 6.43. The molecule has 0 aromatic heterocycles. The van der Waals surface area contributed by atoms with E-state index in [1.165, 1.54) is 11.8 Å². The first-order chi connectivity index (χ1) is 7.61. The van der Waals surface area contributed by atoms with Crippen molar-refractivity contribution in [2.24, 2.45) is 0 Å². The maximum absolute atomic E-state index is 10.3. The fourth-order valence-electron chi connectivity index (χ4n) is 1.45. The minimum absolute atomic E-state index is 0.153. The standard InChI is InChI=1S/C12H16O3S/c1-9-4-2-5-10(12(9)15)6-3-7-16-8-11(13)14/h2,4-5,15H,3,6-8H2,1H3,(H,13,14). The summed E-state index contributed by atoms with van der Waals surface area (Å²) in [7, 11) is 0. The number of phenolic OH excluding ortho intramolecular Hbond substituents is 1. The van der Waals surface area contributed by atoms with Crippen molar-refractivity contribution in [3.05, 3.63) is 29.3 Å². The number of thioether (sulfide) groups is 1. The summed E-state index contributed by atoms with van der Waals surface area (Å²) >= 11 is 1.41. The van der Waals surface area contributed by atoms with Gasteiger partial charge in [-0.05, 0) is 36.6 Å². The zero-order chi connectivity index (χ0) is 12.0. The van der Waals surface area contributed by atoms with Crippen molar-refractivity contribution in [2.75, 3.05) is 11.5 Å². The van der Waals surface area contributed by atoms with E-state index < -0.39 is 5.97 Å². The van der Waals surface area contributed by atoms with E-state index in [9.17, 15) is 9.90 Å². The topological polar surface area (TPSA) is 57.5 Å². The molecule has 16 heavy (non-hydrogen) atoms. The summed E-state index contributed by atoms with van der Waals surface area (Å²) < 4.78 is 0. The van der Waals surface area contributed by atoms with Gasteiger partial charge in [0.15, 0.2) is 0 Å². The van der Waals surface area contributed by atoms with Crippen LogP contribution in [0.15, 0.2) is 18.2 Å². The highest BCUT2D eigenvalue weighted by Gasteiger charge is 2.03. The zero-order valence-corrected chi connectivity index (χ0v) is 10.1. The van der Waals surface area contributed by atoms with Crippen molar-refractivity contribution < 1.29 is 15.0 Å². The van der Waals surface area contributed by atoms with Gasteiger partial charge < -0.3 is 10.2 Å². The van der Waals surface area contributed by atoms with Crippen LogP contribution in [0.2, 0.25) is 0 Å². The van der Waals surface area contributed by atoms with E-state index in [1.807, 2.05) is 25.1 Å². The van der Waals surface area contributed by atoms with Crippen LogP contribution in [-0.2, 0) is 11.2 Å². The van der Waals surface area contributed by atoms with Crippen LogP contribution in [0.5, 0.6) is 5.75 Å². The molecule has 0 aliphatic heterocycles. The minimum atomic E-state index is -0.775. The van der Waals surface area contributed by atoms with Gasteiger partial charge in [0, 0.05) is 0 Å². The average Bonchev–Trinajstić information content (AvgIpc) is 2.23. The Balaban J connectivity index is 2.32. The third kappa shape index (κ3) is 4.14. The van der Waals surface area contributed by atoms with Gasteiger partial charge in [0.1, 0.15) is 5.75 Å². The first-order valence-corrected chi connectivity index (χ1v) is 6.33. The molecule has 0 bridgehead atoms. The zero-order valence-electron chi connectivity index (χ0n) is 9.27. The highest BCUT2D eigenvalue weighted by atomic mass is 32.2. The Labute approximate surface area is 99.5 Å². The van der Waals surface area contributed by atoms with Crippen LogP contribution in [0.4, 0.5) is 0 Å². The molecule has 1 aromatic rings. The van der Waals surface area contributed by atoms with Crippen LogP contribution in [0.1, 0.15) is 17.5 Å². The summed E-state index contributed by atoms with van der Waals surface area (Å²) in [6.07, 6.45) is 1.68. The van der Waals surface area contributed by atoms with Gasteiger partial charge in [-0.1, -0.05) is 18.2 Å². The molecule has 0 aliphatic carbocycles. The number of carboxylic acid groups (broad SMARTS) is 1. The molecule has 3 nitrogen and oxygen atoms in total. The molecular formula is C12H16O3S. The smallest absolute Gasteiger partial charge is 0.313 e. The summed E-state index contributed by atoms with van der Waals surface area (Å²) in [5.41, 5.74) is 1.83. The van der Waals surface area contributed by atoms with Gasteiger partial charge in [-0.2, -0.15) is 11.8 Å². The lowest BCUT2D eigenvalue weighted by molar-refractivity contribution is -0.133. The van der Waals surface area contributed by atoms with Crippen LogP contribution in [-0.4, -0.2) is 27.7 Å². The summed E-state index contributed by atoms with van der Waals surface area (Å²) in [5, 5.41) is 18.2. The number of hydrogen-bond donors (Lipinski definition) is 2. The molecule has 0 unspecified atom stereocenters. The Kier molecular flexibility index (Phi) is 5.19. The molecule has 0 radical (unpaired) electrons. The summed E-state index contributed by atoms with van der Waals surface area (Å²) in [6.45, 7) is 1.87. The maximum atomic E-state index is 10.3. The third-order valence-electron chi connectivity index (χ3n) is 2.28. The van der Waals surface area contributed by atoms with E-state index in [2.05, 4.69) is 0 Å². The van der Waals surface area contributed by atoms with Gasteiger partial charge in [-0.25, -0.2) is 0 Å². The number of para-hydroxylation sites is 1. The minimum Gasteiger partial charge on any atom is -0.507 e. The van der Waals surface area contributed by atoms with Gasteiger partial charge in [0.2, 0.25) is 0 Å². The molecule has 0 spiro atoms. The molecule has 88 valence electrons. The number of aryl methyl sites for hydroxylation is 2. The normalized spacial score (nSPS) is 10.3.